The first-order valence-corrected chi connectivity index (χ1v) is 9.32. The fraction of sp³-hybridized carbons (Fsp3) is 0.286. The summed E-state index contributed by atoms with van der Waals surface area (Å²) in [7, 11) is 0. The van der Waals surface area contributed by atoms with E-state index in [1.807, 2.05) is 6.07 Å². The molecule has 30 heavy (non-hydrogen) atoms. The van der Waals surface area contributed by atoms with E-state index >= 15 is 0 Å². The molecule has 0 unspecified atom stereocenters. The first kappa shape index (κ1) is 20.8. The second kappa shape index (κ2) is 7.83. The zero-order valence-electron chi connectivity index (χ0n) is 16.8. The molecule has 154 valence electrons. The summed E-state index contributed by atoms with van der Waals surface area (Å²) in [5, 5.41) is 16.7. The minimum Gasteiger partial charge on any atom is -0.326 e. The van der Waals surface area contributed by atoms with Gasteiger partial charge in [-0.15, -0.1) is 0 Å². The van der Waals surface area contributed by atoms with Crippen molar-refractivity contribution >= 4 is 23.5 Å². The van der Waals surface area contributed by atoms with Gasteiger partial charge in [-0.05, 0) is 56.0 Å². The number of aryl methyl sites for hydroxylation is 1. The monoisotopic (exact) mass is 407 g/mol. The van der Waals surface area contributed by atoms with Crippen molar-refractivity contribution < 1.29 is 14.4 Å². The van der Waals surface area contributed by atoms with Gasteiger partial charge in [-0.1, -0.05) is 12.1 Å². The number of hydrogen-bond acceptors (Lipinski definition) is 5. The molecule has 9 nitrogen and oxygen atoms in total. The van der Waals surface area contributed by atoms with Crippen LogP contribution in [0, 0.1) is 25.2 Å². The zero-order chi connectivity index (χ0) is 22.1. The summed E-state index contributed by atoms with van der Waals surface area (Å²) in [5.41, 5.74) is 1.38. The number of carbonyl (C=O) groups is 3. The number of nitrogens with zero attached hydrogens (tertiary/aromatic N) is 1. The van der Waals surface area contributed by atoms with Gasteiger partial charge in [0.2, 0.25) is 5.91 Å². The molecular formula is C21H21N5O4. The number of H-pyrrole nitrogens is 1. The van der Waals surface area contributed by atoms with Crippen LogP contribution in [0.3, 0.4) is 0 Å². The van der Waals surface area contributed by atoms with Crippen LogP contribution in [0.5, 0.6) is 0 Å². The van der Waals surface area contributed by atoms with Gasteiger partial charge in [-0.3, -0.25) is 19.7 Å². The lowest BCUT2D eigenvalue weighted by Crippen LogP contribution is -2.40. The third-order valence-corrected chi connectivity index (χ3v) is 5.29. The molecule has 1 aliphatic heterocycles. The summed E-state index contributed by atoms with van der Waals surface area (Å²) >= 11 is 0. The maximum Gasteiger partial charge on any atom is 0.322 e. The summed E-state index contributed by atoms with van der Waals surface area (Å²) in [6.45, 7) is 5.01. The first-order valence-electron chi connectivity index (χ1n) is 9.32. The molecule has 1 saturated heterocycles. The predicted molar refractivity (Wildman–Crippen MR) is 109 cm³/mol. The van der Waals surface area contributed by atoms with Crippen molar-refractivity contribution in [3.63, 3.8) is 0 Å². The molecule has 1 aromatic heterocycles. The Morgan fingerprint density at radius 1 is 1.23 bits per heavy atom. The van der Waals surface area contributed by atoms with Crippen LogP contribution in [-0.4, -0.2) is 22.8 Å². The number of benzene rings is 1. The smallest absolute Gasteiger partial charge is 0.322 e. The number of imide groups is 1. The molecule has 0 radical (unpaired) electrons. The molecule has 0 spiro atoms. The van der Waals surface area contributed by atoms with E-state index in [1.54, 1.807) is 45.0 Å². The Morgan fingerprint density at radius 2 is 1.97 bits per heavy atom. The van der Waals surface area contributed by atoms with Crippen molar-refractivity contribution in [3.05, 3.63) is 62.6 Å². The van der Waals surface area contributed by atoms with Crippen molar-refractivity contribution in [2.75, 3.05) is 5.32 Å². The molecule has 4 N–H and O–H groups in total. The second-order valence-corrected chi connectivity index (χ2v) is 7.33. The third kappa shape index (κ3) is 3.80. The minimum atomic E-state index is -1.21. The van der Waals surface area contributed by atoms with Crippen LogP contribution in [0.4, 0.5) is 10.5 Å². The van der Waals surface area contributed by atoms with Gasteiger partial charge in [-0.2, -0.15) is 5.26 Å². The topological polar surface area (TPSA) is 144 Å². The molecule has 1 atom stereocenters. The maximum absolute atomic E-state index is 12.5. The summed E-state index contributed by atoms with van der Waals surface area (Å²) in [6, 6.07) is 8.02. The van der Waals surface area contributed by atoms with Gasteiger partial charge in [0.15, 0.2) is 0 Å². The average molecular weight is 407 g/mol. The second-order valence-electron chi connectivity index (χ2n) is 7.33. The van der Waals surface area contributed by atoms with E-state index in [2.05, 4.69) is 20.9 Å². The third-order valence-electron chi connectivity index (χ3n) is 5.29. The lowest BCUT2D eigenvalue weighted by molar-refractivity contribution is -0.123. The fourth-order valence-electron chi connectivity index (χ4n) is 3.54. The maximum atomic E-state index is 12.5. The number of pyridine rings is 1. The van der Waals surface area contributed by atoms with Crippen molar-refractivity contribution in [2.45, 2.75) is 39.2 Å². The Labute approximate surface area is 172 Å². The van der Waals surface area contributed by atoms with Crippen LogP contribution in [0.1, 0.15) is 41.3 Å². The predicted octanol–water partition coefficient (Wildman–Crippen LogP) is 1.49. The van der Waals surface area contributed by atoms with E-state index in [0.29, 0.717) is 28.9 Å². The molecule has 0 bridgehead atoms. The summed E-state index contributed by atoms with van der Waals surface area (Å²) in [5.74, 6) is -0.728. The Bertz CT molecular complexity index is 1160. The van der Waals surface area contributed by atoms with Crippen LogP contribution in [0.15, 0.2) is 29.1 Å². The Balaban J connectivity index is 1.73. The number of anilines is 1. The quantitative estimate of drug-likeness (QED) is 0.555. The number of rotatable bonds is 5. The van der Waals surface area contributed by atoms with Crippen molar-refractivity contribution in [1.82, 2.24) is 15.6 Å². The summed E-state index contributed by atoms with van der Waals surface area (Å²) in [6.07, 6.45) is 0.488. The number of hydrogen-bond donors (Lipinski definition) is 4. The molecule has 2 heterocycles. The van der Waals surface area contributed by atoms with Gasteiger partial charge in [-0.25, -0.2) is 4.79 Å². The minimum absolute atomic E-state index is 0.0499. The average Bonchev–Trinajstić information content (AvgIpc) is 2.94. The lowest BCUT2D eigenvalue weighted by Gasteiger charge is -2.21. The van der Waals surface area contributed by atoms with Crippen LogP contribution < -0.4 is 21.5 Å². The van der Waals surface area contributed by atoms with Crippen LogP contribution >= 0.6 is 0 Å². The molecule has 1 aliphatic rings. The van der Waals surface area contributed by atoms with Gasteiger partial charge in [0.25, 0.3) is 11.5 Å². The number of amides is 4. The zero-order valence-corrected chi connectivity index (χ0v) is 16.8. The Morgan fingerprint density at radius 3 is 2.60 bits per heavy atom. The van der Waals surface area contributed by atoms with E-state index < -0.39 is 23.0 Å². The van der Waals surface area contributed by atoms with Gasteiger partial charge >= 0.3 is 6.03 Å². The highest BCUT2D eigenvalue weighted by atomic mass is 16.2. The van der Waals surface area contributed by atoms with Gasteiger partial charge < -0.3 is 15.6 Å². The first-order chi connectivity index (χ1) is 14.2. The lowest BCUT2D eigenvalue weighted by atomic mass is 9.92. The van der Waals surface area contributed by atoms with Gasteiger partial charge in [0, 0.05) is 17.8 Å². The molecule has 1 fully saturated rings. The highest BCUT2D eigenvalue weighted by Gasteiger charge is 2.43. The fourth-order valence-corrected chi connectivity index (χ4v) is 3.54. The molecule has 0 saturated carbocycles. The van der Waals surface area contributed by atoms with E-state index in [4.69, 9.17) is 5.26 Å². The molecule has 0 aliphatic carbocycles. The molecular weight excluding hydrogens is 386 g/mol. The normalized spacial score (nSPS) is 17.8. The number of aromatic nitrogens is 1. The van der Waals surface area contributed by atoms with E-state index in [9.17, 15) is 19.2 Å². The van der Waals surface area contributed by atoms with Crippen molar-refractivity contribution in [3.8, 4) is 6.07 Å². The number of nitriles is 1. The van der Waals surface area contributed by atoms with E-state index in [0.717, 1.165) is 5.56 Å². The highest BCUT2D eigenvalue weighted by Crippen LogP contribution is 2.26. The standard InChI is InChI=1S/C21H21N5O4/c1-11-15(12(2)23-18(28)16(11)10-22)7-8-17(27)24-14-6-4-5-13(9-14)21(3)19(29)25-20(30)26-21/h4-6,9H,7-8H2,1-3H3,(H,23,28)(H,24,27)(H2,25,26,29,30)/t21-/m0/s1. The van der Waals surface area contributed by atoms with Crippen LogP contribution in [0.25, 0.3) is 0 Å². The van der Waals surface area contributed by atoms with E-state index in [1.165, 1.54) is 0 Å². The van der Waals surface area contributed by atoms with Gasteiger partial charge in [0.1, 0.15) is 17.2 Å². The molecule has 4 amide bonds. The summed E-state index contributed by atoms with van der Waals surface area (Å²) in [4.78, 5) is 50.5. The number of nitrogens with one attached hydrogen (secondary N) is 4. The summed E-state index contributed by atoms with van der Waals surface area (Å²) < 4.78 is 0. The van der Waals surface area contributed by atoms with E-state index in [-0.39, 0.29) is 17.9 Å². The molecule has 9 heteroatoms. The van der Waals surface area contributed by atoms with Crippen LogP contribution in [0.2, 0.25) is 0 Å². The SMILES string of the molecule is Cc1[nH]c(=O)c(C#N)c(C)c1CCC(=O)Nc1cccc([C@]2(C)NC(=O)NC2=O)c1. The van der Waals surface area contributed by atoms with Crippen LogP contribution in [-0.2, 0) is 21.5 Å². The largest absolute Gasteiger partial charge is 0.326 e. The number of urea groups is 1. The Kier molecular flexibility index (Phi) is 5.43. The number of aromatic amines is 1. The highest BCUT2D eigenvalue weighted by molar-refractivity contribution is 6.07. The van der Waals surface area contributed by atoms with Crippen molar-refractivity contribution in [2.24, 2.45) is 0 Å². The molecule has 2 aromatic rings. The molecule has 3 rings (SSSR count). The molecule has 1 aromatic carbocycles. The number of carbonyl (C=O) groups excluding carboxylic acids is 3. The Hall–Kier alpha value is -3.93. The van der Waals surface area contributed by atoms with Crippen molar-refractivity contribution in [1.29, 1.82) is 5.26 Å². The van der Waals surface area contributed by atoms with Gasteiger partial charge in [0.05, 0.1) is 0 Å².